The van der Waals surface area contributed by atoms with Crippen molar-refractivity contribution in [3.05, 3.63) is 10.1 Å². The van der Waals surface area contributed by atoms with Gasteiger partial charge in [0.1, 0.15) is 0 Å². The van der Waals surface area contributed by atoms with Crippen molar-refractivity contribution in [1.82, 2.24) is 0 Å². The predicted octanol–water partition coefficient (Wildman–Crippen LogP) is 0.397. The second-order valence-corrected chi connectivity index (χ2v) is 3.63. The molecule has 0 aromatic rings. The van der Waals surface area contributed by atoms with Gasteiger partial charge in [0.2, 0.25) is 5.54 Å². The molecule has 0 amide bonds. The number of rotatable bonds is 2. The SMILES string of the molecule is CC(C)([C@H]1CO[C@@H](O)C1)[N+](=O)[O-]. The summed E-state index contributed by atoms with van der Waals surface area (Å²) in [6.07, 6.45) is -0.470. The lowest BCUT2D eigenvalue weighted by Gasteiger charge is -2.20. The first-order valence-corrected chi connectivity index (χ1v) is 3.88. The lowest BCUT2D eigenvalue weighted by atomic mass is 9.87. The van der Waals surface area contributed by atoms with Crippen LogP contribution in [0, 0.1) is 16.0 Å². The summed E-state index contributed by atoms with van der Waals surface area (Å²) in [5.74, 6) is -0.192. The molecule has 1 rings (SSSR count). The molecule has 0 aromatic carbocycles. The van der Waals surface area contributed by atoms with Crippen LogP contribution in [-0.2, 0) is 4.74 Å². The summed E-state index contributed by atoms with van der Waals surface area (Å²) in [5.41, 5.74) is -1.00. The second kappa shape index (κ2) is 2.99. The van der Waals surface area contributed by atoms with Gasteiger partial charge in [-0.25, -0.2) is 0 Å². The number of nitrogens with zero attached hydrogens (tertiary/aromatic N) is 1. The Hall–Kier alpha value is -0.680. The summed E-state index contributed by atoms with van der Waals surface area (Å²) in [6, 6.07) is 0. The first-order valence-electron chi connectivity index (χ1n) is 3.88. The zero-order valence-corrected chi connectivity index (χ0v) is 7.19. The van der Waals surface area contributed by atoms with E-state index in [4.69, 9.17) is 9.84 Å². The number of hydrogen-bond donors (Lipinski definition) is 1. The first kappa shape index (κ1) is 9.41. The summed E-state index contributed by atoms with van der Waals surface area (Å²) in [6.45, 7) is 3.38. The fourth-order valence-electron chi connectivity index (χ4n) is 1.25. The van der Waals surface area contributed by atoms with Crippen LogP contribution in [0.4, 0.5) is 0 Å². The van der Waals surface area contributed by atoms with E-state index in [2.05, 4.69) is 0 Å². The molecule has 1 heterocycles. The van der Waals surface area contributed by atoms with Crippen LogP contribution in [-0.4, -0.2) is 28.5 Å². The van der Waals surface area contributed by atoms with Gasteiger partial charge in [-0.1, -0.05) is 0 Å². The summed E-state index contributed by atoms with van der Waals surface area (Å²) in [5, 5.41) is 19.6. The normalized spacial score (nSPS) is 30.6. The Labute approximate surface area is 70.5 Å². The van der Waals surface area contributed by atoms with Crippen molar-refractivity contribution in [1.29, 1.82) is 0 Å². The number of ether oxygens (including phenoxy) is 1. The molecule has 0 bridgehead atoms. The molecule has 0 spiro atoms. The van der Waals surface area contributed by atoms with Gasteiger partial charge in [-0.2, -0.15) is 0 Å². The number of hydrogen-bond acceptors (Lipinski definition) is 4. The number of nitro groups is 1. The smallest absolute Gasteiger partial charge is 0.221 e. The van der Waals surface area contributed by atoms with Crippen LogP contribution < -0.4 is 0 Å². The summed E-state index contributed by atoms with van der Waals surface area (Å²) in [7, 11) is 0. The third-order valence-corrected chi connectivity index (χ3v) is 2.45. The second-order valence-electron chi connectivity index (χ2n) is 3.63. The van der Waals surface area contributed by atoms with E-state index >= 15 is 0 Å². The van der Waals surface area contributed by atoms with Gasteiger partial charge in [-0.15, -0.1) is 0 Å². The largest absolute Gasteiger partial charge is 0.368 e. The molecule has 1 fully saturated rings. The van der Waals surface area contributed by atoms with Gasteiger partial charge < -0.3 is 9.84 Å². The van der Waals surface area contributed by atoms with Crippen LogP contribution in [0.25, 0.3) is 0 Å². The van der Waals surface area contributed by atoms with Crippen molar-refractivity contribution >= 4 is 0 Å². The van der Waals surface area contributed by atoms with E-state index in [1.807, 2.05) is 0 Å². The molecule has 0 unspecified atom stereocenters. The van der Waals surface area contributed by atoms with E-state index in [-0.39, 0.29) is 17.4 Å². The van der Waals surface area contributed by atoms with E-state index in [0.717, 1.165) is 0 Å². The fourth-order valence-corrected chi connectivity index (χ4v) is 1.25. The lowest BCUT2D eigenvalue weighted by molar-refractivity contribution is -0.571. The van der Waals surface area contributed by atoms with Crippen molar-refractivity contribution in [2.45, 2.75) is 32.1 Å². The third-order valence-electron chi connectivity index (χ3n) is 2.45. The minimum absolute atomic E-state index is 0.192. The molecule has 5 heteroatoms. The molecule has 5 nitrogen and oxygen atoms in total. The van der Waals surface area contributed by atoms with Gasteiger partial charge in [0.15, 0.2) is 6.29 Å². The molecule has 0 saturated carbocycles. The van der Waals surface area contributed by atoms with Crippen LogP contribution in [0.2, 0.25) is 0 Å². The highest BCUT2D eigenvalue weighted by atomic mass is 16.6. The van der Waals surface area contributed by atoms with Crippen LogP contribution in [0.15, 0.2) is 0 Å². The molecule has 12 heavy (non-hydrogen) atoms. The van der Waals surface area contributed by atoms with E-state index in [1.165, 1.54) is 0 Å². The molecule has 0 aliphatic carbocycles. The average Bonchev–Trinajstić information content (AvgIpc) is 2.35. The van der Waals surface area contributed by atoms with Crippen molar-refractivity contribution < 1.29 is 14.8 Å². The van der Waals surface area contributed by atoms with E-state index in [1.54, 1.807) is 13.8 Å². The van der Waals surface area contributed by atoms with Gasteiger partial charge in [-0.3, -0.25) is 10.1 Å². The standard InChI is InChI=1S/C7H13NO4/c1-7(2,8(10)11)5-3-6(9)12-4-5/h5-6,9H,3-4H2,1-2H3/t5-,6-/m1/s1. The monoisotopic (exact) mass is 175 g/mol. The maximum Gasteiger partial charge on any atom is 0.221 e. The molecule has 1 aliphatic rings. The van der Waals surface area contributed by atoms with E-state index < -0.39 is 11.8 Å². The predicted molar refractivity (Wildman–Crippen MR) is 41.1 cm³/mol. The average molecular weight is 175 g/mol. The summed E-state index contributed by atoms with van der Waals surface area (Å²) >= 11 is 0. The first-order chi connectivity index (χ1) is 5.44. The quantitative estimate of drug-likeness (QED) is 0.487. The Kier molecular flexibility index (Phi) is 2.34. The minimum atomic E-state index is -1.00. The van der Waals surface area contributed by atoms with Crippen LogP contribution in [0.5, 0.6) is 0 Å². The Balaban J connectivity index is 2.63. The maximum atomic E-state index is 10.6. The molecule has 2 atom stereocenters. The highest BCUT2D eigenvalue weighted by molar-refractivity contribution is 4.82. The molecule has 0 radical (unpaired) electrons. The zero-order chi connectivity index (χ0) is 9.35. The molecule has 1 saturated heterocycles. The van der Waals surface area contributed by atoms with Gasteiger partial charge in [0.05, 0.1) is 12.5 Å². The molecular weight excluding hydrogens is 162 g/mol. The zero-order valence-electron chi connectivity index (χ0n) is 7.19. The maximum absolute atomic E-state index is 10.6. The minimum Gasteiger partial charge on any atom is -0.368 e. The van der Waals surface area contributed by atoms with Crippen LogP contribution in [0.1, 0.15) is 20.3 Å². The topological polar surface area (TPSA) is 72.6 Å². The third kappa shape index (κ3) is 1.56. The van der Waals surface area contributed by atoms with E-state index in [9.17, 15) is 10.1 Å². The Morgan fingerprint density at radius 2 is 2.25 bits per heavy atom. The van der Waals surface area contributed by atoms with Gasteiger partial charge in [0, 0.05) is 25.2 Å². The number of aliphatic hydroxyl groups excluding tert-OH is 1. The van der Waals surface area contributed by atoms with Crippen LogP contribution >= 0.6 is 0 Å². The highest BCUT2D eigenvalue weighted by Crippen LogP contribution is 2.30. The van der Waals surface area contributed by atoms with Crippen molar-refractivity contribution in [2.75, 3.05) is 6.61 Å². The van der Waals surface area contributed by atoms with Gasteiger partial charge in [0.25, 0.3) is 0 Å². The molecule has 0 aromatic heterocycles. The molecule has 1 aliphatic heterocycles. The fraction of sp³-hybridized carbons (Fsp3) is 1.00. The Morgan fingerprint density at radius 1 is 1.67 bits per heavy atom. The lowest BCUT2D eigenvalue weighted by Crippen LogP contribution is -2.40. The summed E-state index contributed by atoms with van der Waals surface area (Å²) in [4.78, 5) is 10.3. The summed E-state index contributed by atoms with van der Waals surface area (Å²) < 4.78 is 4.85. The van der Waals surface area contributed by atoms with Crippen molar-refractivity contribution in [3.63, 3.8) is 0 Å². The Morgan fingerprint density at radius 3 is 2.58 bits per heavy atom. The molecule has 70 valence electrons. The highest BCUT2D eigenvalue weighted by Gasteiger charge is 2.45. The Bertz CT molecular complexity index is 192. The van der Waals surface area contributed by atoms with Gasteiger partial charge >= 0.3 is 0 Å². The van der Waals surface area contributed by atoms with Gasteiger partial charge in [-0.05, 0) is 0 Å². The van der Waals surface area contributed by atoms with E-state index in [0.29, 0.717) is 6.42 Å². The molecular formula is C7H13NO4. The van der Waals surface area contributed by atoms with Crippen molar-refractivity contribution in [2.24, 2.45) is 5.92 Å². The number of aliphatic hydroxyl groups is 1. The van der Waals surface area contributed by atoms with Crippen LogP contribution in [0.3, 0.4) is 0 Å². The molecule has 1 N–H and O–H groups in total. The van der Waals surface area contributed by atoms with Crippen molar-refractivity contribution in [3.8, 4) is 0 Å².